The molecule has 2 aromatic rings. The standard InChI is InChI=1S/C24H35NO/c1-6-8-14-23(3,17-18-26)15-16-24(4,13-7-2)21-19-25(5)22-12-10-9-11-20(21)22/h9-12,15-16,18-19H,6-8,13-14,17H2,1-5H3/b16-15+/t23-,24-/m0/s1. The maximum absolute atomic E-state index is 11.2. The van der Waals surface area contributed by atoms with E-state index in [1.165, 1.54) is 16.5 Å². The number of nitrogens with zero attached hydrogens (tertiary/aromatic N) is 1. The molecule has 0 unspecified atom stereocenters. The van der Waals surface area contributed by atoms with Crippen LogP contribution in [0.3, 0.4) is 0 Å². The van der Waals surface area contributed by atoms with Crippen LogP contribution in [0.15, 0.2) is 42.6 Å². The maximum atomic E-state index is 11.2. The molecule has 0 saturated heterocycles. The molecule has 2 rings (SSSR count). The second kappa shape index (κ2) is 8.70. The number of fused-ring (bicyclic) bond motifs is 1. The highest BCUT2D eigenvalue weighted by Crippen LogP contribution is 2.39. The lowest BCUT2D eigenvalue weighted by atomic mass is 9.74. The summed E-state index contributed by atoms with van der Waals surface area (Å²) < 4.78 is 2.23. The Balaban J connectivity index is 2.46. The minimum absolute atomic E-state index is 0.0219. The number of benzene rings is 1. The Morgan fingerprint density at radius 2 is 1.77 bits per heavy atom. The van der Waals surface area contributed by atoms with Crippen molar-refractivity contribution in [1.82, 2.24) is 4.57 Å². The smallest absolute Gasteiger partial charge is 0.120 e. The number of carbonyl (C=O) groups is 1. The molecule has 1 aromatic heterocycles. The van der Waals surface area contributed by atoms with Crippen molar-refractivity contribution < 1.29 is 4.79 Å². The highest BCUT2D eigenvalue weighted by Gasteiger charge is 2.28. The van der Waals surface area contributed by atoms with Gasteiger partial charge in [-0.3, -0.25) is 0 Å². The van der Waals surface area contributed by atoms with E-state index in [0.29, 0.717) is 6.42 Å². The first-order valence-corrected chi connectivity index (χ1v) is 10.1. The molecule has 0 aliphatic carbocycles. The molecule has 2 heteroatoms. The molecule has 0 amide bonds. The number of aromatic nitrogens is 1. The normalized spacial score (nSPS) is 16.7. The molecule has 0 N–H and O–H groups in total. The first kappa shape index (κ1) is 20.5. The Kier molecular flexibility index (Phi) is 6.86. The van der Waals surface area contributed by atoms with Gasteiger partial charge in [-0.15, -0.1) is 0 Å². The lowest BCUT2D eigenvalue weighted by Crippen LogP contribution is -2.21. The van der Waals surface area contributed by atoms with Crippen molar-refractivity contribution in [2.45, 2.75) is 71.6 Å². The topological polar surface area (TPSA) is 22.0 Å². The van der Waals surface area contributed by atoms with E-state index in [2.05, 4.69) is 81.9 Å². The Bertz CT molecular complexity index is 757. The van der Waals surface area contributed by atoms with Crippen LogP contribution in [-0.2, 0) is 17.3 Å². The van der Waals surface area contributed by atoms with Crippen LogP contribution in [0.1, 0.15) is 71.8 Å². The van der Waals surface area contributed by atoms with Crippen LogP contribution in [-0.4, -0.2) is 10.9 Å². The number of aryl methyl sites for hydroxylation is 1. The molecule has 2 nitrogen and oxygen atoms in total. The van der Waals surface area contributed by atoms with Gasteiger partial charge in [-0.05, 0) is 29.9 Å². The third-order valence-corrected chi connectivity index (χ3v) is 5.79. The number of para-hydroxylation sites is 1. The maximum Gasteiger partial charge on any atom is 0.120 e. The van der Waals surface area contributed by atoms with Gasteiger partial charge in [0.1, 0.15) is 6.29 Å². The number of aldehydes is 1. The zero-order valence-corrected chi connectivity index (χ0v) is 17.2. The zero-order valence-electron chi connectivity index (χ0n) is 17.2. The molecule has 0 aliphatic heterocycles. The molecule has 142 valence electrons. The average molecular weight is 354 g/mol. The van der Waals surface area contributed by atoms with Gasteiger partial charge in [-0.25, -0.2) is 0 Å². The van der Waals surface area contributed by atoms with Crippen LogP contribution in [0.2, 0.25) is 0 Å². The van der Waals surface area contributed by atoms with Gasteiger partial charge in [0.15, 0.2) is 0 Å². The van der Waals surface area contributed by atoms with E-state index in [4.69, 9.17) is 0 Å². The first-order chi connectivity index (χ1) is 12.4. The molecule has 0 saturated carbocycles. The lowest BCUT2D eigenvalue weighted by Gasteiger charge is -2.29. The Labute approximate surface area is 159 Å². The van der Waals surface area contributed by atoms with E-state index >= 15 is 0 Å². The fourth-order valence-electron chi connectivity index (χ4n) is 4.03. The van der Waals surface area contributed by atoms with Crippen molar-refractivity contribution in [1.29, 1.82) is 0 Å². The van der Waals surface area contributed by atoms with E-state index in [0.717, 1.165) is 38.4 Å². The van der Waals surface area contributed by atoms with Gasteiger partial charge >= 0.3 is 0 Å². The van der Waals surface area contributed by atoms with Gasteiger partial charge in [0.2, 0.25) is 0 Å². The summed E-state index contributed by atoms with van der Waals surface area (Å²) >= 11 is 0. The highest BCUT2D eigenvalue weighted by molar-refractivity contribution is 5.85. The van der Waals surface area contributed by atoms with E-state index < -0.39 is 0 Å². The van der Waals surface area contributed by atoms with Crippen molar-refractivity contribution in [3.05, 3.63) is 48.2 Å². The SMILES string of the molecule is CCCC[C@@](C)(/C=C/[C@](C)(CCC)c1cn(C)c2ccccc12)CC=O. The average Bonchev–Trinajstić information content (AvgIpc) is 2.97. The number of carbonyl (C=O) groups excluding carboxylic acids is 1. The van der Waals surface area contributed by atoms with Crippen LogP contribution in [0.5, 0.6) is 0 Å². The van der Waals surface area contributed by atoms with Crippen LogP contribution >= 0.6 is 0 Å². The minimum Gasteiger partial charge on any atom is -0.350 e. The van der Waals surface area contributed by atoms with Crippen LogP contribution in [0, 0.1) is 5.41 Å². The lowest BCUT2D eigenvalue weighted by molar-refractivity contribution is -0.109. The summed E-state index contributed by atoms with van der Waals surface area (Å²) in [5.74, 6) is 0. The number of rotatable bonds is 10. The van der Waals surface area contributed by atoms with Crippen molar-refractivity contribution in [3.63, 3.8) is 0 Å². The Morgan fingerprint density at radius 3 is 2.42 bits per heavy atom. The van der Waals surface area contributed by atoms with Crippen LogP contribution in [0.4, 0.5) is 0 Å². The van der Waals surface area contributed by atoms with Gasteiger partial charge in [-0.1, -0.05) is 77.3 Å². The molecule has 0 spiro atoms. The largest absolute Gasteiger partial charge is 0.350 e. The van der Waals surface area contributed by atoms with Crippen molar-refractivity contribution in [3.8, 4) is 0 Å². The monoisotopic (exact) mass is 353 g/mol. The summed E-state index contributed by atoms with van der Waals surface area (Å²) in [7, 11) is 2.12. The van der Waals surface area contributed by atoms with E-state index in [1.54, 1.807) is 0 Å². The summed E-state index contributed by atoms with van der Waals surface area (Å²) in [6, 6.07) is 8.64. The van der Waals surface area contributed by atoms with Crippen LogP contribution < -0.4 is 0 Å². The molecule has 2 atom stereocenters. The number of unbranched alkanes of at least 4 members (excludes halogenated alkanes) is 1. The first-order valence-electron chi connectivity index (χ1n) is 10.1. The number of allylic oxidation sites excluding steroid dienone is 2. The minimum atomic E-state index is -0.0443. The molecule has 1 heterocycles. The van der Waals surface area contributed by atoms with Crippen molar-refractivity contribution in [2.75, 3.05) is 0 Å². The summed E-state index contributed by atoms with van der Waals surface area (Å²) in [4.78, 5) is 11.2. The molecule has 26 heavy (non-hydrogen) atoms. The van der Waals surface area contributed by atoms with Gasteiger partial charge < -0.3 is 9.36 Å². The predicted molar refractivity (Wildman–Crippen MR) is 113 cm³/mol. The van der Waals surface area contributed by atoms with Crippen molar-refractivity contribution >= 4 is 17.2 Å². The van der Waals surface area contributed by atoms with Gasteiger partial charge in [0, 0.05) is 36.0 Å². The molecule has 0 radical (unpaired) electrons. The second-order valence-electron chi connectivity index (χ2n) is 8.30. The highest BCUT2D eigenvalue weighted by atomic mass is 16.1. The van der Waals surface area contributed by atoms with Gasteiger partial charge in [0.05, 0.1) is 0 Å². The number of hydrogen-bond acceptors (Lipinski definition) is 1. The van der Waals surface area contributed by atoms with E-state index in [-0.39, 0.29) is 10.8 Å². The fraction of sp³-hybridized carbons (Fsp3) is 0.542. The molecule has 1 aromatic carbocycles. The molecule has 0 aliphatic rings. The summed E-state index contributed by atoms with van der Waals surface area (Å²) in [5, 5.41) is 1.33. The summed E-state index contributed by atoms with van der Waals surface area (Å²) in [6.07, 6.45) is 14.3. The number of hydrogen-bond donors (Lipinski definition) is 0. The van der Waals surface area contributed by atoms with Crippen molar-refractivity contribution in [2.24, 2.45) is 12.5 Å². The van der Waals surface area contributed by atoms with E-state index in [1.807, 2.05) is 0 Å². The third-order valence-electron chi connectivity index (χ3n) is 5.79. The summed E-state index contributed by atoms with van der Waals surface area (Å²) in [6.45, 7) is 9.03. The predicted octanol–water partition coefficient (Wildman–Crippen LogP) is 6.58. The second-order valence-corrected chi connectivity index (χ2v) is 8.30. The van der Waals surface area contributed by atoms with E-state index in [9.17, 15) is 4.79 Å². The summed E-state index contributed by atoms with van der Waals surface area (Å²) in [5.41, 5.74) is 2.60. The van der Waals surface area contributed by atoms with Gasteiger partial charge in [-0.2, -0.15) is 0 Å². The third kappa shape index (κ3) is 4.47. The molecular weight excluding hydrogens is 318 g/mol. The Hall–Kier alpha value is -1.83. The quantitative estimate of drug-likeness (QED) is 0.349. The van der Waals surface area contributed by atoms with Crippen LogP contribution in [0.25, 0.3) is 10.9 Å². The molecule has 0 bridgehead atoms. The molecular formula is C24H35NO. The fourth-order valence-corrected chi connectivity index (χ4v) is 4.03. The Morgan fingerprint density at radius 1 is 1.04 bits per heavy atom. The zero-order chi connectivity index (χ0) is 19.2. The van der Waals surface area contributed by atoms with Gasteiger partial charge in [0.25, 0.3) is 0 Å². The molecule has 0 fully saturated rings.